The fourth-order valence-corrected chi connectivity index (χ4v) is 8.40. The van der Waals surface area contributed by atoms with Crippen LogP contribution in [0.4, 0.5) is 9.59 Å². The third kappa shape index (κ3) is 12.4. The van der Waals surface area contributed by atoms with Crippen LogP contribution in [0.1, 0.15) is 117 Å². The maximum atomic E-state index is 12.2. The molecule has 0 saturated carbocycles. The van der Waals surface area contributed by atoms with Crippen LogP contribution in [0.25, 0.3) is 5.57 Å². The Morgan fingerprint density at radius 3 is 1.68 bits per heavy atom. The molecule has 0 bridgehead atoms. The van der Waals surface area contributed by atoms with Gasteiger partial charge in [0.2, 0.25) is 0 Å². The number of allylic oxidation sites excluding steroid dienone is 1. The molecule has 10 nitrogen and oxygen atoms in total. The van der Waals surface area contributed by atoms with E-state index in [0.717, 1.165) is 54.8 Å². The lowest BCUT2D eigenvalue weighted by molar-refractivity contribution is -0.191. The molecule has 0 N–H and O–H groups in total. The molecule has 4 heterocycles. The summed E-state index contributed by atoms with van der Waals surface area (Å²) in [7, 11) is 1.39. The molecular weight excluding hydrogens is 677 g/mol. The third-order valence-electron chi connectivity index (χ3n) is 9.01. The van der Waals surface area contributed by atoms with Gasteiger partial charge in [-0.25, -0.2) is 14.4 Å². The van der Waals surface area contributed by atoms with E-state index in [4.69, 9.17) is 23.8 Å². The van der Waals surface area contributed by atoms with E-state index in [9.17, 15) is 14.4 Å². The Morgan fingerprint density at radius 2 is 1.28 bits per heavy atom. The van der Waals surface area contributed by atoms with Crippen molar-refractivity contribution in [3.8, 4) is 0 Å². The number of carbonyl (C=O) groups is 3. The summed E-state index contributed by atoms with van der Waals surface area (Å²) >= 11 is 3.42. The second-order valence-electron chi connectivity index (χ2n) is 14.9. The van der Waals surface area contributed by atoms with Crippen molar-refractivity contribution in [3.63, 3.8) is 0 Å². The summed E-state index contributed by atoms with van der Waals surface area (Å²) in [6.45, 7) is 27.3. The highest BCUT2D eigenvalue weighted by Crippen LogP contribution is 2.39. The van der Waals surface area contributed by atoms with Crippen molar-refractivity contribution in [2.45, 2.75) is 112 Å². The molecule has 2 aliphatic heterocycles. The predicted octanol–water partition coefficient (Wildman–Crippen LogP) is 9.04. The van der Waals surface area contributed by atoms with Crippen LogP contribution in [0, 0.1) is 32.6 Å². The molecule has 4 rings (SSSR count). The molecule has 0 radical (unpaired) electrons. The molecule has 2 saturated heterocycles. The standard InChI is InChI=1S/C19H27NO4S.C18H29NO2S.CO2/c1-12(16-13(2)15(11-25-16)17(21)23-6)14-7-9-20(10-8-14)18(22)24-19(3,4)5;1-12-11-22-16(13(12)2)14(3)15-7-9-19(10-8-15)17(20)21-18(4,5)6;2-1-3/h11,14H,1,7-10H2,2-6H3;11,14-15H,7-10H2,1-6H3;/t;14-;/m.1./s1. The van der Waals surface area contributed by atoms with Crippen molar-refractivity contribution in [1.82, 2.24) is 9.80 Å². The molecule has 2 aromatic rings. The number of hydrogen-bond donors (Lipinski definition) is 0. The van der Waals surface area contributed by atoms with Crippen molar-refractivity contribution >= 4 is 52.6 Å². The van der Waals surface area contributed by atoms with Gasteiger partial charge in [-0.3, -0.25) is 0 Å². The zero-order valence-electron chi connectivity index (χ0n) is 31.7. The van der Waals surface area contributed by atoms with E-state index >= 15 is 0 Å². The highest BCUT2D eigenvalue weighted by atomic mass is 32.1. The lowest BCUT2D eigenvalue weighted by atomic mass is 9.83. The normalized spacial score (nSPS) is 16.1. The fourth-order valence-electron chi connectivity index (χ4n) is 6.06. The smallest absolute Gasteiger partial charge is 0.410 e. The largest absolute Gasteiger partial charge is 0.465 e. The summed E-state index contributed by atoms with van der Waals surface area (Å²) < 4.78 is 15.7. The maximum absolute atomic E-state index is 12.2. The van der Waals surface area contributed by atoms with Crippen molar-refractivity contribution in [1.29, 1.82) is 0 Å². The van der Waals surface area contributed by atoms with Crippen LogP contribution in [0.2, 0.25) is 0 Å². The number of methoxy groups -OCH3 is 1. The minimum absolute atomic E-state index is 0.165. The summed E-state index contributed by atoms with van der Waals surface area (Å²) in [5, 5.41) is 4.09. The molecule has 1 atom stereocenters. The number of esters is 1. The first-order valence-electron chi connectivity index (χ1n) is 17.1. The van der Waals surface area contributed by atoms with Gasteiger partial charge >= 0.3 is 24.3 Å². The first-order chi connectivity index (χ1) is 23.2. The lowest BCUT2D eigenvalue weighted by Gasteiger charge is -2.35. The summed E-state index contributed by atoms with van der Waals surface area (Å²) in [4.78, 5) is 58.5. The summed E-state index contributed by atoms with van der Waals surface area (Å²) in [5.74, 6) is 1.24. The first kappa shape index (κ1) is 42.7. The average Bonchev–Trinajstić information content (AvgIpc) is 3.60. The van der Waals surface area contributed by atoms with Crippen molar-refractivity contribution < 1.29 is 38.2 Å². The number of carbonyl (C=O) groups excluding carboxylic acids is 5. The number of thiophene rings is 2. The molecule has 2 amide bonds. The molecule has 0 aliphatic carbocycles. The summed E-state index contributed by atoms with van der Waals surface area (Å²) in [6.07, 6.45) is 3.66. The van der Waals surface area contributed by atoms with Crippen LogP contribution >= 0.6 is 22.7 Å². The van der Waals surface area contributed by atoms with Crippen LogP contribution in [0.15, 0.2) is 17.3 Å². The Morgan fingerprint density at radius 1 is 0.820 bits per heavy atom. The van der Waals surface area contributed by atoms with Crippen LogP contribution in [-0.4, -0.2) is 78.6 Å². The second kappa shape index (κ2) is 18.7. The first-order valence-corrected chi connectivity index (χ1v) is 18.9. The minimum atomic E-state index is -0.476. The number of hydrogen-bond acceptors (Lipinski definition) is 10. The van der Waals surface area contributed by atoms with Gasteiger partial charge in [-0.15, -0.1) is 22.7 Å². The number of aryl methyl sites for hydroxylation is 1. The molecule has 12 heteroatoms. The number of likely N-dealkylation sites (tertiary alicyclic amines) is 2. The van der Waals surface area contributed by atoms with E-state index in [1.54, 1.807) is 4.90 Å². The van der Waals surface area contributed by atoms with E-state index in [1.807, 2.05) is 70.1 Å². The SMILES string of the molecule is C=C(c1scc(C(=O)OC)c1C)C1CCN(C(=O)OC(C)(C)C)CC1.Cc1csc([C@H](C)C2CCN(C(=O)OC(C)(C)C)CC2)c1C.O=C=O. The molecule has 2 aromatic heterocycles. The topological polar surface area (TPSA) is 120 Å². The van der Waals surface area contributed by atoms with Gasteiger partial charge in [0.25, 0.3) is 0 Å². The van der Waals surface area contributed by atoms with E-state index in [-0.39, 0.29) is 24.3 Å². The zero-order chi connectivity index (χ0) is 38.0. The Hall–Kier alpha value is -3.47. The molecule has 278 valence electrons. The number of nitrogens with zero attached hydrogens (tertiary/aromatic N) is 2. The Bertz CT molecular complexity index is 1490. The van der Waals surface area contributed by atoms with E-state index in [0.29, 0.717) is 36.4 Å². The highest BCUT2D eigenvalue weighted by Gasteiger charge is 2.31. The quantitative estimate of drug-likeness (QED) is 0.221. The molecule has 0 spiro atoms. The molecule has 2 fully saturated rings. The van der Waals surface area contributed by atoms with Gasteiger partial charge in [0.15, 0.2) is 0 Å². The number of rotatable bonds is 5. The Balaban J connectivity index is 0.000000324. The molecular formula is C38H56N2O8S2. The van der Waals surface area contributed by atoms with Gasteiger partial charge in [-0.1, -0.05) is 13.5 Å². The average molecular weight is 733 g/mol. The Kier molecular flexibility index (Phi) is 15.9. The van der Waals surface area contributed by atoms with Crippen LogP contribution in [0.5, 0.6) is 0 Å². The predicted molar refractivity (Wildman–Crippen MR) is 198 cm³/mol. The van der Waals surface area contributed by atoms with E-state index in [1.165, 1.54) is 34.5 Å². The fraction of sp³-hybridized carbons (Fsp3) is 0.632. The highest BCUT2D eigenvalue weighted by molar-refractivity contribution is 7.11. The lowest BCUT2D eigenvalue weighted by Crippen LogP contribution is -2.42. The summed E-state index contributed by atoms with van der Waals surface area (Å²) in [5.41, 5.74) is 4.54. The van der Waals surface area contributed by atoms with Crippen molar-refractivity contribution in [3.05, 3.63) is 49.3 Å². The Labute approximate surface area is 306 Å². The number of ether oxygens (including phenoxy) is 3. The van der Waals surface area contributed by atoms with Gasteiger partial charge < -0.3 is 24.0 Å². The van der Waals surface area contributed by atoms with Gasteiger partial charge in [-0.2, -0.15) is 9.59 Å². The number of piperidine rings is 2. The van der Waals surface area contributed by atoms with Crippen LogP contribution < -0.4 is 0 Å². The van der Waals surface area contributed by atoms with E-state index in [2.05, 4.69) is 32.7 Å². The van der Waals surface area contributed by atoms with Gasteiger partial charge in [0.1, 0.15) is 11.2 Å². The molecule has 2 aliphatic rings. The molecule has 50 heavy (non-hydrogen) atoms. The second-order valence-corrected chi connectivity index (χ2v) is 16.7. The van der Waals surface area contributed by atoms with Crippen LogP contribution in [-0.2, 0) is 23.8 Å². The van der Waals surface area contributed by atoms with Gasteiger partial charge in [-0.05, 0) is 133 Å². The van der Waals surface area contributed by atoms with Crippen molar-refractivity contribution in [2.75, 3.05) is 33.3 Å². The summed E-state index contributed by atoms with van der Waals surface area (Å²) in [6, 6.07) is 0. The molecule has 0 aromatic carbocycles. The molecule has 0 unspecified atom stereocenters. The number of amides is 2. The van der Waals surface area contributed by atoms with Gasteiger partial charge in [0.05, 0.1) is 12.7 Å². The third-order valence-corrected chi connectivity index (χ3v) is 11.6. The maximum Gasteiger partial charge on any atom is 0.410 e. The van der Waals surface area contributed by atoms with Crippen molar-refractivity contribution in [2.24, 2.45) is 11.8 Å². The monoisotopic (exact) mass is 732 g/mol. The van der Waals surface area contributed by atoms with E-state index < -0.39 is 11.2 Å². The van der Waals surface area contributed by atoms with Crippen LogP contribution in [0.3, 0.4) is 0 Å². The zero-order valence-corrected chi connectivity index (χ0v) is 33.4. The van der Waals surface area contributed by atoms with Gasteiger partial charge in [0, 0.05) is 41.3 Å². The minimum Gasteiger partial charge on any atom is -0.465 e.